The molecule has 0 saturated carbocycles. The van der Waals surface area contributed by atoms with Crippen LogP contribution in [0.3, 0.4) is 0 Å². The maximum absolute atomic E-state index is 9.91. The highest BCUT2D eigenvalue weighted by molar-refractivity contribution is 5.85. The molecule has 4 heterocycles. The van der Waals surface area contributed by atoms with Gasteiger partial charge in [0, 0.05) is 37.0 Å². The number of aromatic hydroxyl groups is 1. The summed E-state index contributed by atoms with van der Waals surface area (Å²) in [5.74, 6) is 1.44. The normalized spacial score (nSPS) is 14.3. The molecule has 1 aromatic carbocycles. The van der Waals surface area contributed by atoms with Crippen LogP contribution >= 0.6 is 0 Å². The number of phenols is 1. The number of hydrogen-bond acceptors (Lipinski definition) is 8. The minimum Gasteiger partial charge on any atom is -0.508 e. The van der Waals surface area contributed by atoms with Crippen molar-refractivity contribution in [3.8, 4) is 17.1 Å². The van der Waals surface area contributed by atoms with Gasteiger partial charge in [0.1, 0.15) is 5.75 Å². The maximum Gasteiger partial charge on any atom is 0.184 e. The summed E-state index contributed by atoms with van der Waals surface area (Å²) < 4.78 is 7.28. The fourth-order valence-corrected chi connectivity index (χ4v) is 3.53. The van der Waals surface area contributed by atoms with Crippen LogP contribution in [0.2, 0.25) is 0 Å². The van der Waals surface area contributed by atoms with Gasteiger partial charge in [-0.05, 0) is 24.3 Å². The minimum atomic E-state index is 0.172. The molecule has 1 aliphatic heterocycles. The van der Waals surface area contributed by atoms with E-state index in [0.29, 0.717) is 36.7 Å². The molecule has 0 aliphatic carbocycles. The molecule has 30 heavy (non-hydrogen) atoms. The van der Waals surface area contributed by atoms with Crippen molar-refractivity contribution < 1.29 is 9.84 Å². The Morgan fingerprint density at radius 1 is 1.03 bits per heavy atom. The molecular formula is C21H21N7O2. The van der Waals surface area contributed by atoms with Crippen molar-refractivity contribution in [3.63, 3.8) is 0 Å². The van der Waals surface area contributed by atoms with E-state index in [1.165, 1.54) is 0 Å². The summed E-state index contributed by atoms with van der Waals surface area (Å²) in [5.41, 5.74) is 3.06. The number of fused-ring (bicyclic) bond motifs is 1. The Morgan fingerprint density at radius 3 is 2.73 bits per heavy atom. The molecule has 0 radical (unpaired) electrons. The molecule has 5 rings (SSSR count). The van der Waals surface area contributed by atoms with Gasteiger partial charge >= 0.3 is 0 Å². The summed E-state index contributed by atoms with van der Waals surface area (Å²) in [6, 6.07) is 12.8. The largest absolute Gasteiger partial charge is 0.508 e. The van der Waals surface area contributed by atoms with Crippen LogP contribution in [0.1, 0.15) is 5.69 Å². The number of hydrogen-bond donors (Lipinski definition) is 1. The molecule has 1 saturated heterocycles. The lowest BCUT2D eigenvalue weighted by Crippen LogP contribution is -2.37. The number of ether oxygens (including phenoxy) is 1. The van der Waals surface area contributed by atoms with Crippen molar-refractivity contribution in [1.82, 2.24) is 29.9 Å². The molecule has 0 unspecified atom stereocenters. The molecule has 0 atom stereocenters. The second kappa shape index (κ2) is 8.03. The summed E-state index contributed by atoms with van der Waals surface area (Å²) in [4.78, 5) is 16.1. The van der Waals surface area contributed by atoms with E-state index in [0.717, 1.165) is 36.6 Å². The fraction of sp³-hybridized carbons (Fsp3) is 0.286. The second-order valence-corrected chi connectivity index (χ2v) is 7.08. The average Bonchev–Trinajstić information content (AvgIpc) is 3.21. The zero-order valence-electron chi connectivity index (χ0n) is 16.3. The zero-order chi connectivity index (χ0) is 20.3. The molecule has 0 spiro atoms. The van der Waals surface area contributed by atoms with E-state index in [2.05, 4.69) is 20.2 Å². The third-order valence-corrected chi connectivity index (χ3v) is 5.07. The van der Waals surface area contributed by atoms with Gasteiger partial charge < -0.3 is 14.7 Å². The van der Waals surface area contributed by atoms with Crippen LogP contribution in [0.4, 0.5) is 5.82 Å². The van der Waals surface area contributed by atoms with Crippen LogP contribution < -0.4 is 4.90 Å². The third-order valence-electron chi connectivity index (χ3n) is 5.07. The van der Waals surface area contributed by atoms with Crippen LogP contribution in [-0.2, 0) is 17.7 Å². The van der Waals surface area contributed by atoms with Crippen LogP contribution in [0, 0.1) is 0 Å². The van der Waals surface area contributed by atoms with Crippen LogP contribution in [0.5, 0.6) is 5.75 Å². The predicted molar refractivity (Wildman–Crippen MR) is 111 cm³/mol. The van der Waals surface area contributed by atoms with E-state index in [-0.39, 0.29) is 5.75 Å². The summed E-state index contributed by atoms with van der Waals surface area (Å²) in [6.07, 6.45) is 2.51. The van der Waals surface area contributed by atoms with E-state index < -0.39 is 0 Å². The standard InChI is InChI=1S/C21H21N7O2/c29-17-6-3-4-15(14-17)19-23-20(27-10-12-30-13-11-27)18-21(24-19)28(26-25-18)9-7-16-5-1-2-8-22-16/h1-6,8,14,29H,7,9-13H2. The number of aromatic nitrogens is 6. The molecule has 4 aromatic rings. The summed E-state index contributed by atoms with van der Waals surface area (Å²) in [7, 11) is 0. The molecule has 0 amide bonds. The smallest absolute Gasteiger partial charge is 0.184 e. The number of nitrogens with zero attached hydrogens (tertiary/aromatic N) is 7. The van der Waals surface area contributed by atoms with Gasteiger partial charge in [-0.3, -0.25) is 4.98 Å². The predicted octanol–water partition coefficient (Wildman–Crippen LogP) is 2.07. The first-order chi connectivity index (χ1) is 14.8. The Kier molecular flexibility index (Phi) is 4.94. The lowest BCUT2D eigenvalue weighted by molar-refractivity contribution is 0.122. The highest BCUT2D eigenvalue weighted by atomic mass is 16.5. The monoisotopic (exact) mass is 403 g/mol. The van der Waals surface area contributed by atoms with Crippen LogP contribution in [-0.4, -0.2) is 61.4 Å². The number of pyridine rings is 1. The summed E-state index contributed by atoms with van der Waals surface area (Å²) in [5, 5.41) is 18.7. The molecule has 152 valence electrons. The van der Waals surface area contributed by atoms with Crippen molar-refractivity contribution >= 4 is 17.0 Å². The highest BCUT2D eigenvalue weighted by Gasteiger charge is 2.22. The van der Waals surface area contributed by atoms with Gasteiger partial charge in [0.05, 0.1) is 19.8 Å². The van der Waals surface area contributed by atoms with E-state index in [4.69, 9.17) is 14.7 Å². The van der Waals surface area contributed by atoms with Gasteiger partial charge in [0.25, 0.3) is 0 Å². The Labute approximate surface area is 173 Å². The lowest BCUT2D eigenvalue weighted by Gasteiger charge is -2.28. The van der Waals surface area contributed by atoms with E-state index >= 15 is 0 Å². The van der Waals surface area contributed by atoms with E-state index in [9.17, 15) is 5.11 Å². The highest BCUT2D eigenvalue weighted by Crippen LogP contribution is 2.28. The molecule has 0 bridgehead atoms. The van der Waals surface area contributed by atoms with Gasteiger partial charge in [0.2, 0.25) is 0 Å². The fourth-order valence-electron chi connectivity index (χ4n) is 3.53. The van der Waals surface area contributed by atoms with Gasteiger partial charge in [0.15, 0.2) is 22.8 Å². The lowest BCUT2D eigenvalue weighted by atomic mass is 10.2. The maximum atomic E-state index is 9.91. The number of rotatable bonds is 5. The average molecular weight is 403 g/mol. The van der Waals surface area contributed by atoms with Crippen molar-refractivity contribution in [2.75, 3.05) is 31.2 Å². The third kappa shape index (κ3) is 3.67. The van der Waals surface area contributed by atoms with Gasteiger partial charge in [-0.25, -0.2) is 14.6 Å². The number of aryl methyl sites for hydroxylation is 2. The second-order valence-electron chi connectivity index (χ2n) is 7.08. The Bertz CT molecular complexity index is 1160. The van der Waals surface area contributed by atoms with Crippen molar-refractivity contribution in [1.29, 1.82) is 0 Å². The van der Waals surface area contributed by atoms with Gasteiger partial charge in [-0.1, -0.05) is 23.4 Å². The first kappa shape index (κ1) is 18.4. The number of anilines is 1. The SMILES string of the molecule is Oc1cccc(-c2nc(N3CCOCC3)c3nnn(CCc4ccccn4)c3n2)c1. The Balaban J connectivity index is 1.58. The van der Waals surface area contributed by atoms with Gasteiger partial charge in [-0.2, -0.15) is 0 Å². The molecule has 3 aromatic heterocycles. The first-order valence-corrected chi connectivity index (χ1v) is 9.91. The van der Waals surface area contributed by atoms with Crippen LogP contribution in [0.25, 0.3) is 22.6 Å². The molecule has 1 fully saturated rings. The van der Waals surface area contributed by atoms with Crippen LogP contribution in [0.15, 0.2) is 48.7 Å². The number of phenolic OH excluding ortho intramolecular Hbond substituents is 1. The number of benzene rings is 1. The molecule has 1 N–H and O–H groups in total. The first-order valence-electron chi connectivity index (χ1n) is 9.91. The van der Waals surface area contributed by atoms with Gasteiger partial charge in [-0.15, -0.1) is 5.10 Å². The summed E-state index contributed by atoms with van der Waals surface area (Å²) in [6.45, 7) is 3.34. The molecule has 1 aliphatic rings. The van der Waals surface area contributed by atoms with Crippen molar-refractivity contribution in [3.05, 3.63) is 54.4 Å². The molecule has 9 heteroatoms. The number of morpholine rings is 1. The zero-order valence-corrected chi connectivity index (χ0v) is 16.3. The molecular weight excluding hydrogens is 382 g/mol. The van der Waals surface area contributed by atoms with Crippen molar-refractivity contribution in [2.24, 2.45) is 0 Å². The Morgan fingerprint density at radius 2 is 1.93 bits per heavy atom. The minimum absolute atomic E-state index is 0.172. The molecule has 9 nitrogen and oxygen atoms in total. The summed E-state index contributed by atoms with van der Waals surface area (Å²) >= 11 is 0. The Hall–Kier alpha value is -3.59. The topological polar surface area (TPSA) is 102 Å². The van der Waals surface area contributed by atoms with Crippen molar-refractivity contribution in [2.45, 2.75) is 13.0 Å². The van der Waals surface area contributed by atoms with E-state index in [1.54, 1.807) is 29.1 Å². The van der Waals surface area contributed by atoms with E-state index in [1.807, 2.05) is 24.3 Å². The quantitative estimate of drug-likeness (QED) is 0.540.